The molecule has 0 bridgehead atoms. The van der Waals surface area contributed by atoms with Crippen molar-refractivity contribution in [2.24, 2.45) is 5.92 Å². The van der Waals surface area contributed by atoms with Gasteiger partial charge in [0.05, 0.1) is 7.11 Å². The largest absolute Gasteiger partial charge is 0.496 e. The summed E-state index contributed by atoms with van der Waals surface area (Å²) < 4.78 is 5.28. The number of hydroxylamine groups is 1. The van der Waals surface area contributed by atoms with Gasteiger partial charge in [-0.3, -0.25) is 14.8 Å². The Labute approximate surface area is 146 Å². The summed E-state index contributed by atoms with van der Waals surface area (Å²) in [6.07, 6.45) is 0.917. The standard InChI is InChI=1S/C17H23N3O5/c1-10(2)14(15(21)19-24)20-16(22)12(18-17(20)23)9-8-11-6-4-5-7-13(11)25-3/h4-7,10,12,14,24H,8-9H2,1-3H3,(H,18,23)(H,19,21). The minimum absolute atomic E-state index is 0.338. The van der Waals surface area contributed by atoms with Crippen molar-refractivity contribution in [3.05, 3.63) is 29.8 Å². The number of amides is 4. The lowest BCUT2D eigenvalue weighted by Crippen LogP contribution is -2.52. The molecule has 1 heterocycles. The van der Waals surface area contributed by atoms with Crippen LogP contribution in [0.15, 0.2) is 24.3 Å². The number of hydrogen-bond donors (Lipinski definition) is 3. The molecule has 3 N–H and O–H groups in total. The third-order valence-corrected chi connectivity index (χ3v) is 4.24. The van der Waals surface area contributed by atoms with Crippen LogP contribution in [-0.2, 0) is 16.0 Å². The van der Waals surface area contributed by atoms with Gasteiger partial charge in [0.2, 0.25) is 0 Å². The number of aryl methyl sites for hydroxylation is 1. The van der Waals surface area contributed by atoms with Crippen molar-refractivity contribution in [2.45, 2.75) is 38.8 Å². The molecular formula is C17H23N3O5. The highest BCUT2D eigenvalue weighted by Gasteiger charge is 2.45. The monoisotopic (exact) mass is 349 g/mol. The van der Waals surface area contributed by atoms with Crippen LogP contribution in [0.5, 0.6) is 5.75 Å². The number of benzene rings is 1. The third-order valence-electron chi connectivity index (χ3n) is 4.24. The molecule has 0 saturated carbocycles. The maximum atomic E-state index is 12.6. The highest BCUT2D eigenvalue weighted by molar-refractivity contribution is 6.07. The van der Waals surface area contributed by atoms with E-state index < -0.39 is 29.9 Å². The van der Waals surface area contributed by atoms with Crippen molar-refractivity contribution in [1.82, 2.24) is 15.7 Å². The van der Waals surface area contributed by atoms with Gasteiger partial charge in [0.1, 0.15) is 17.8 Å². The van der Waals surface area contributed by atoms with Gasteiger partial charge in [-0.2, -0.15) is 0 Å². The molecule has 1 aliphatic heterocycles. The van der Waals surface area contributed by atoms with E-state index in [4.69, 9.17) is 9.94 Å². The van der Waals surface area contributed by atoms with Crippen molar-refractivity contribution < 1.29 is 24.3 Å². The van der Waals surface area contributed by atoms with Crippen LogP contribution in [0.2, 0.25) is 0 Å². The molecule has 136 valence electrons. The average molecular weight is 349 g/mol. The highest BCUT2D eigenvalue weighted by Crippen LogP contribution is 2.23. The lowest BCUT2D eigenvalue weighted by molar-refractivity contribution is -0.142. The number of para-hydroxylation sites is 1. The Morgan fingerprint density at radius 2 is 2.04 bits per heavy atom. The molecule has 0 aromatic heterocycles. The first-order chi connectivity index (χ1) is 11.9. The number of nitrogens with zero attached hydrogens (tertiary/aromatic N) is 1. The zero-order valence-electron chi connectivity index (χ0n) is 14.5. The van der Waals surface area contributed by atoms with Gasteiger partial charge in [0, 0.05) is 0 Å². The van der Waals surface area contributed by atoms with Crippen molar-refractivity contribution >= 4 is 17.8 Å². The molecule has 4 amide bonds. The molecule has 8 nitrogen and oxygen atoms in total. The molecule has 2 rings (SSSR count). The van der Waals surface area contributed by atoms with E-state index in [2.05, 4.69) is 5.32 Å². The summed E-state index contributed by atoms with van der Waals surface area (Å²) in [5, 5.41) is 11.5. The van der Waals surface area contributed by atoms with E-state index in [1.54, 1.807) is 21.0 Å². The molecule has 2 unspecified atom stereocenters. The summed E-state index contributed by atoms with van der Waals surface area (Å²) in [4.78, 5) is 37.6. The number of carbonyl (C=O) groups excluding carboxylic acids is 3. The van der Waals surface area contributed by atoms with Crippen molar-refractivity contribution in [1.29, 1.82) is 0 Å². The predicted octanol–water partition coefficient (Wildman–Crippen LogP) is 1.08. The molecule has 0 spiro atoms. The zero-order valence-corrected chi connectivity index (χ0v) is 14.5. The van der Waals surface area contributed by atoms with Gasteiger partial charge >= 0.3 is 6.03 Å². The fourth-order valence-corrected chi connectivity index (χ4v) is 3.00. The van der Waals surface area contributed by atoms with E-state index >= 15 is 0 Å². The van der Waals surface area contributed by atoms with E-state index in [1.807, 2.05) is 24.3 Å². The van der Waals surface area contributed by atoms with E-state index in [9.17, 15) is 14.4 Å². The Kier molecular flexibility index (Phi) is 5.97. The SMILES string of the molecule is COc1ccccc1CCC1NC(=O)N(C(C(=O)NO)C(C)C)C1=O. The first-order valence-electron chi connectivity index (χ1n) is 8.10. The fraction of sp³-hybridized carbons (Fsp3) is 0.471. The molecule has 2 atom stereocenters. The molecular weight excluding hydrogens is 326 g/mol. The van der Waals surface area contributed by atoms with Crippen molar-refractivity contribution in [2.75, 3.05) is 7.11 Å². The molecule has 1 saturated heterocycles. The van der Waals surface area contributed by atoms with Crippen LogP contribution in [0.4, 0.5) is 4.79 Å². The second-order valence-corrected chi connectivity index (χ2v) is 6.23. The molecule has 0 aliphatic carbocycles. The van der Waals surface area contributed by atoms with Gasteiger partial charge in [-0.15, -0.1) is 0 Å². The first-order valence-corrected chi connectivity index (χ1v) is 8.10. The summed E-state index contributed by atoms with van der Waals surface area (Å²) in [5.41, 5.74) is 2.45. The van der Waals surface area contributed by atoms with Gasteiger partial charge in [0.25, 0.3) is 11.8 Å². The summed E-state index contributed by atoms with van der Waals surface area (Å²) in [7, 11) is 1.57. The Morgan fingerprint density at radius 3 is 2.64 bits per heavy atom. The van der Waals surface area contributed by atoms with Gasteiger partial charge in [0.15, 0.2) is 0 Å². The summed E-state index contributed by atoms with van der Waals surface area (Å²) in [6, 6.07) is 5.05. The first kappa shape index (κ1) is 18.7. The molecule has 1 aromatic rings. The molecule has 1 aliphatic rings. The number of ether oxygens (including phenoxy) is 1. The maximum absolute atomic E-state index is 12.6. The van der Waals surface area contributed by atoms with Gasteiger partial charge in [-0.1, -0.05) is 32.0 Å². The van der Waals surface area contributed by atoms with E-state index in [1.165, 1.54) is 5.48 Å². The second-order valence-electron chi connectivity index (χ2n) is 6.23. The molecule has 25 heavy (non-hydrogen) atoms. The predicted molar refractivity (Wildman–Crippen MR) is 89.0 cm³/mol. The quantitative estimate of drug-likeness (QED) is 0.388. The van der Waals surface area contributed by atoms with Gasteiger partial charge in [-0.25, -0.2) is 15.2 Å². The van der Waals surface area contributed by atoms with Crippen LogP contribution in [0.25, 0.3) is 0 Å². The number of methoxy groups -OCH3 is 1. The fourth-order valence-electron chi connectivity index (χ4n) is 3.00. The van der Waals surface area contributed by atoms with Crippen LogP contribution < -0.4 is 15.5 Å². The zero-order chi connectivity index (χ0) is 18.6. The third kappa shape index (κ3) is 3.90. The van der Waals surface area contributed by atoms with Gasteiger partial charge in [-0.05, 0) is 30.4 Å². The maximum Gasteiger partial charge on any atom is 0.325 e. The van der Waals surface area contributed by atoms with Crippen LogP contribution >= 0.6 is 0 Å². The smallest absolute Gasteiger partial charge is 0.325 e. The number of carbonyl (C=O) groups is 3. The number of rotatable bonds is 7. The van der Waals surface area contributed by atoms with Crippen molar-refractivity contribution in [3.8, 4) is 5.75 Å². The van der Waals surface area contributed by atoms with Gasteiger partial charge < -0.3 is 10.1 Å². The number of nitrogens with one attached hydrogen (secondary N) is 2. The van der Waals surface area contributed by atoms with Crippen LogP contribution in [0, 0.1) is 5.92 Å². The molecule has 1 aromatic carbocycles. The van der Waals surface area contributed by atoms with E-state index in [0.717, 1.165) is 16.2 Å². The number of hydrogen-bond acceptors (Lipinski definition) is 5. The highest BCUT2D eigenvalue weighted by atomic mass is 16.5. The normalized spacial score (nSPS) is 18.3. The molecule has 0 radical (unpaired) electrons. The van der Waals surface area contributed by atoms with Crippen LogP contribution in [-0.4, -0.2) is 47.1 Å². The Morgan fingerprint density at radius 1 is 1.36 bits per heavy atom. The minimum Gasteiger partial charge on any atom is -0.496 e. The lowest BCUT2D eigenvalue weighted by atomic mass is 10.0. The number of imide groups is 1. The Balaban J connectivity index is 2.11. The summed E-state index contributed by atoms with van der Waals surface area (Å²) >= 11 is 0. The second kappa shape index (κ2) is 7.98. The summed E-state index contributed by atoms with van der Waals surface area (Å²) in [5.74, 6) is -0.878. The van der Waals surface area contributed by atoms with Crippen LogP contribution in [0.1, 0.15) is 25.8 Å². The topological polar surface area (TPSA) is 108 Å². The molecule has 1 fully saturated rings. The van der Waals surface area contributed by atoms with Crippen molar-refractivity contribution in [3.63, 3.8) is 0 Å². The minimum atomic E-state index is -1.06. The Bertz CT molecular complexity index is 661. The average Bonchev–Trinajstić information content (AvgIpc) is 2.87. The van der Waals surface area contributed by atoms with E-state index in [0.29, 0.717) is 12.8 Å². The van der Waals surface area contributed by atoms with E-state index in [-0.39, 0.29) is 5.92 Å². The Hall–Kier alpha value is -2.61. The molecule has 8 heteroatoms. The summed E-state index contributed by atoms with van der Waals surface area (Å²) in [6.45, 7) is 3.39. The lowest BCUT2D eigenvalue weighted by Gasteiger charge is -2.26. The number of urea groups is 1. The van der Waals surface area contributed by atoms with Crippen LogP contribution in [0.3, 0.4) is 0 Å².